The molecule has 4 heteroatoms. The first-order valence-electron chi connectivity index (χ1n) is 6.96. The zero-order valence-corrected chi connectivity index (χ0v) is 12.4. The Morgan fingerprint density at radius 1 is 1.24 bits per heavy atom. The lowest BCUT2D eigenvalue weighted by molar-refractivity contribution is -0.143. The predicted octanol–water partition coefficient (Wildman–Crippen LogP) is 3.58. The Bertz CT molecular complexity index is 720. The normalized spacial score (nSPS) is 23.8. The Kier molecular flexibility index (Phi) is 3.46. The minimum atomic E-state index is -1.18. The molecule has 2 atom stereocenters. The van der Waals surface area contributed by atoms with Crippen molar-refractivity contribution in [2.75, 3.05) is 6.61 Å². The maximum absolute atomic E-state index is 12.7. The van der Waals surface area contributed by atoms with Gasteiger partial charge in [-0.15, -0.1) is 11.6 Å². The number of hydrogen-bond donors (Lipinski definition) is 0. The van der Waals surface area contributed by atoms with Crippen LogP contribution in [-0.4, -0.2) is 23.2 Å². The largest absolute Gasteiger partial charge is 0.465 e. The summed E-state index contributed by atoms with van der Waals surface area (Å²) in [5.41, 5.74) is 0.616. The van der Waals surface area contributed by atoms with Crippen LogP contribution in [0.4, 0.5) is 0 Å². The van der Waals surface area contributed by atoms with Gasteiger partial charge in [-0.05, 0) is 24.1 Å². The molecule has 1 aliphatic rings. The minimum Gasteiger partial charge on any atom is -0.465 e. The number of esters is 1. The second kappa shape index (κ2) is 5.15. The standard InChI is InChI=1S/C17H15ClO3/c1-2-21-16(20)17(18)10-14(17)15(19)13-9-5-7-11-6-3-4-8-12(11)13/h3-9,14H,2,10H2,1H3/t14-,17+/m1/s1. The van der Waals surface area contributed by atoms with Gasteiger partial charge in [-0.2, -0.15) is 0 Å². The molecular weight excluding hydrogens is 288 g/mol. The molecule has 108 valence electrons. The van der Waals surface area contributed by atoms with Crippen molar-refractivity contribution in [3.63, 3.8) is 0 Å². The van der Waals surface area contributed by atoms with Crippen LogP contribution < -0.4 is 0 Å². The van der Waals surface area contributed by atoms with Crippen molar-refractivity contribution in [1.29, 1.82) is 0 Å². The van der Waals surface area contributed by atoms with E-state index in [0.717, 1.165) is 10.8 Å². The van der Waals surface area contributed by atoms with Crippen molar-refractivity contribution < 1.29 is 14.3 Å². The number of ether oxygens (including phenoxy) is 1. The Morgan fingerprint density at radius 2 is 1.95 bits per heavy atom. The molecule has 0 N–H and O–H groups in total. The van der Waals surface area contributed by atoms with Gasteiger partial charge in [-0.3, -0.25) is 9.59 Å². The zero-order chi connectivity index (χ0) is 15.0. The molecular formula is C17H15ClO3. The number of carbonyl (C=O) groups is 2. The van der Waals surface area contributed by atoms with Crippen LogP contribution in [0.1, 0.15) is 23.7 Å². The summed E-state index contributed by atoms with van der Waals surface area (Å²) >= 11 is 6.24. The van der Waals surface area contributed by atoms with E-state index in [0.29, 0.717) is 12.0 Å². The highest BCUT2D eigenvalue weighted by molar-refractivity contribution is 6.39. The second-order valence-electron chi connectivity index (χ2n) is 5.23. The van der Waals surface area contributed by atoms with Gasteiger partial charge in [0.25, 0.3) is 0 Å². The Morgan fingerprint density at radius 3 is 2.71 bits per heavy atom. The van der Waals surface area contributed by atoms with Gasteiger partial charge < -0.3 is 4.74 Å². The van der Waals surface area contributed by atoms with Crippen LogP contribution in [0.25, 0.3) is 10.8 Å². The molecule has 21 heavy (non-hydrogen) atoms. The van der Waals surface area contributed by atoms with E-state index < -0.39 is 16.8 Å². The van der Waals surface area contributed by atoms with Crippen molar-refractivity contribution >= 4 is 34.1 Å². The van der Waals surface area contributed by atoms with Crippen LogP contribution in [0.15, 0.2) is 42.5 Å². The lowest BCUT2D eigenvalue weighted by atomic mass is 9.98. The maximum atomic E-state index is 12.7. The molecule has 0 radical (unpaired) electrons. The molecule has 0 aromatic heterocycles. The summed E-state index contributed by atoms with van der Waals surface area (Å²) in [7, 11) is 0. The molecule has 1 aliphatic carbocycles. The van der Waals surface area contributed by atoms with Crippen LogP contribution in [0, 0.1) is 5.92 Å². The summed E-state index contributed by atoms with van der Waals surface area (Å²) in [6, 6.07) is 13.3. The Hall–Kier alpha value is -1.87. The molecule has 2 aromatic rings. The summed E-state index contributed by atoms with van der Waals surface area (Å²) in [5.74, 6) is -1.08. The average molecular weight is 303 g/mol. The van der Waals surface area contributed by atoms with Crippen molar-refractivity contribution in [2.45, 2.75) is 18.2 Å². The van der Waals surface area contributed by atoms with Gasteiger partial charge >= 0.3 is 5.97 Å². The number of rotatable bonds is 4. The zero-order valence-electron chi connectivity index (χ0n) is 11.6. The average Bonchev–Trinajstić information content (AvgIpc) is 3.20. The lowest BCUT2D eigenvalue weighted by Crippen LogP contribution is -2.24. The van der Waals surface area contributed by atoms with E-state index in [1.54, 1.807) is 13.0 Å². The van der Waals surface area contributed by atoms with E-state index in [1.807, 2.05) is 36.4 Å². The van der Waals surface area contributed by atoms with Crippen molar-refractivity contribution in [2.24, 2.45) is 5.92 Å². The summed E-state index contributed by atoms with van der Waals surface area (Å²) < 4.78 is 4.95. The molecule has 0 bridgehead atoms. The van der Waals surface area contributed by atoms with Crippen LogP contribution in [-0.2, 0) is 9.53 Å². The highest BCUT2D eigenvalue weighted by Crippen LogP contribution is 2.52. The smallest absolute Gasteiger partial charge is 0.327 e. The number of benzene rings is 2. The van der Waals surface area contributed by atoms with E-state index in [4.69, 9.17) is 16.3 Å². The highest BCUT2D eigenvalue weighted by atomic mass is 35.5. The number of alkyl halides is 1. The predicted molar refractivity (Wildman–Crippen MR) is 81.6 cm³/mol. The summed E-state index contributed by atoms with van der Waals surface area (Å²) in [4.78, 5) is 23.3. The maximum Gasteiger partial charge on any atom is 0.327 e. The molecule has 0 unspecified atom stereocenters. The number of fused-ring (bicyclic) bond motifs is 1. The number of Topliss-reactive ketones (excluding diaryl/α,β-unsaturated/α-hetero) is 1. The molecule has 0 heterocycles. The highest BCUT2D eigenvalue weighted by Gasteiger charge is 2.64. The van der Waals surface area contributed by atoms with Gasteiger partial charge in [0.05, 0.1) is 12.5 Å². The van der Waals surface area contributed by atoms with Gasteiger partial charge in [-0.1, -0.05) is 42.5 Å². The van der Waals surface area contributed by atoms with Crippen molar-refractivity contribution in [3.8, 4) is 0 Å². The summed E-state index contributed by atoms with van der Waals surface area (Å²) in [6.07, 6.45) is 0.343. The van der Waals surface area contributed by atoms with Crippen molar-refractivity contribution in [3.05, 3.63) is 48.0 Å². The van der Waals surface area contributed by atoms with Crippen LogP contribution in [0.3, 0.4) is 0 Å². The third-order valence-corrected chi connectivity index (χ3v) is 4.45. The van der Waals surface area contributed by atoms with Gasteiger partial charge in [0, 0.05) is 5.56 Å². The monoisotopic (exact) mass is 302 g/mol. The Balaban J connectivity index is 1.91. The Labute approximate surface area is 127 Å². The minimum absolute atomic E-state index is 0.0881. The fourth-order valence-electron chi connectivity index (χ4n) is 2.64. The van der Waals surface area contributed by atoms with Crippen LogP contribution in [0.5, 0.6) is 0 Å². The van der Waals surface area contributed by atoms with Crippen LogP contribution in [0.2, 0.25) is 0 Å². The van der Waals surface area contributed by atoms with E-state index in [-0.39, 0.29) is 12.4 Å². The van der Waals surface area contributed by atoms with E-state index in [9.17, 15) is 9.59 Å². The quantitative estimate of drug-likeness (QED) is 0.492. The van der Waals surface area contributed by atoms with Gasteiger partial charge in [0.1, 0.15) is 0 Å². The van der Waals surface area contributed by atoms with Gasteiger partial charge in [-0.25, -0.2) is 0 Å². The molecule has 3 nitrogen and oxygen atoms in total. The number of hydrogen-bond acceptors (Lipinski definition) is 3. The number of halogens is 1. The van der Waals surface area contributed by atoms with E-state index in [2.05, 4.69) is 0 Å². The fraction of sp³-hybridized carbons (Fsp3) is 0.294. The van der Waals surface area contributed by atoms with Crippen LogP contribution >= 0.6 is 11.6 Å². The van der Waals surface area contributed by atoms with Crippen molar-refractivity contribution in [1.82, 2.24) is 0 Å². The first-order chi connectivity index (χ1) is 10.1. The molecule has 3 rings (SSSR count). The molecule has 0 amide bonds. The van der Waals surface area contributed by atoms with E-state index >= 15 is 0 Å². The second-order valence-corrected chi connectivity index (χ2v) is 5.91. The fourth-order valence-corrected chi connectivity index (χ4v) is 2.95. The molecule has 0 spiro atoms. The lowest BCUT2D eigenvalue weighted by Gasteiger charge is -2.09. The van der Waals surface area contributed by atoms with Gasteiger partial charge in [0.15, 0.2) is 10.7 Å². The number of ketones is 1. The SMILES string of the molecule is CCOC(=O)[C@]1(Cl)C[C@@H]1C(=O)c1cccc2ccccc12. The molecule has 1 fully saturated rings. The molecule has 0 aliphatic heterocycles. The van der Waals surface area contributed by atoms with E-state index in [1.165, 1.54) is 0 Å². The first kappa shape index (κ1) is 14.1. The number of carbonyl (C=O) groups excluding carboxylic acids is 2. The summed E-state index contributed by atoms with van der Waals surface area (Å²) in [5, 5.41) is 1.89. The molecule has 1 saturated carbocycles. The molecule has 2 aromatic carbocycles. The summed E-state index contributed by atoms with van der Waals surface area (Å²) in [6.45, 7) is 1.99. The third kappa shape index (κ3) is 2.32. The topological polar surface area (TPSA) is 43.4 Å². The first-order valence-corrected chi connectivity index (χ1v) is 7.34. The van der Waals surface area contributed by atoms with Gasteiger partial charge in [0.2, 0.25) is 0 Å². The molecule has 0 saturated heterocycles. The third-order valence-electron chi connectivity index (χ3n) is 3.88.